The molecule has 0 saturated carbocycles. The third-order valence-corrected chi connectivity index (χ3v) is 3.13. The number of hydrogen-bond acceptors (Lipinski definition) is 4. The molecule has 0 saturated heterocycles. The van der Waals surface area contributed by atoms with Gasteiger partial charge >= 0.3 is 0 Å². The van der Waals surface area contributed by atoms with Crippen molar-refractivity contribution in [1.29, 1.82) is 0 Å². The molecule has 0 atom stereocenters. The lowest BCUT2D eigenvalue weighted by Gasteiger charge is -2.04. The van der Waals surface area contributed by atoms with Crippen molar-refractivity contribution in [2.24, 2.45) is 16.5 Å². The van der Waals surface area contributed by atoms with Crippen molar-refractivity contribution in [1.82, 2.24) is 0 Å². The fourth-order valence-corrected chi connectivity index (χ4v) is 2.22. The van der Waals surface area contributed by atoms with Crippen LogP contribution >= 0.6 is 0 Å². The van der Waals surface area contributed by atoms with Crippen molar-refractivity contribution >= 4 is 33.0 Å². The SMILES string of the molecule is CS(=O)(=O)O.NC(N)=NC(=O)c1cccc(-c2cccc3ccoc23)c1. The fourth-order valence-electron chi connectivity index (χ4n) is 2.22. The number of nitrogens with zero attached hydrogens (tertiary/aromatic N) is 1. The summed E-state index contributed by atoms with van der Waals surface area (Å²) in [5, 5.41) is 1.01. The number of aliphatic imine (C=N–C) groups is 1. The van der Waals surface area contributed by atoms with Gasteiger partial charge < -0.3 is 15.9 Å². The van der Waals surface area contributed by atoms with E-state index < -0.39 is 16.0 Å². The number of benzene rings is 2. The molecule has 0 radical (unpaired) electrons. The standard InChI is InChI=1S/C16H13N3O2.CH4O3S/c17-16(18)19-15(20)12-5-1-4-11(9-12)13-6-2-3-10-7-8-21-14(10)13;1-5(2,3)4/h1-9H,(H4,17,18,19,20);1H3,(H,2,3,4). The van der Waals surface area contributed by atoms with Gasteiger partial charge in [0.15, 0.2) is 5.96 Å². The number of amides is 1. The minimum Gasteiger partial charge on any atom is -0.464 e. The van der Waals surface area contributed by atoms with Crippen LogP contribution in [0.15, 0.2) is 64.2 Å². The predicted molar refractivity (Wildman–Crippen MR) is 99.3 cm³/mol. The number of hydrogen-bond donors (Lipinski definition) is 3. The van der Waals surface area contributed by atoms with E-state index >= 15 is 0 Å². The maximum absolute atomic E-state index is 11.9. The second-order valence-corrected chi connectivity index (χ2v) is 6.77. The molecule has 9 heteroatoms. The van der Waals surface area contributed by atoms with Gasteiger partial charge in [0.25, 0.3) is 16.0 Å². The lowest BCUT2D eigenvalue weighted by Crippen LogP contribution is -2.24. The van der Waals surface area contributed by atoms with Crippen LogP contribution in [0.3, 0.4) is 0 Å². The first-order chi connectivity index (χ1) is 12.1. The molecule has 136 valence electrons. The van der Waals surface area contributed by atoms with Crippen LogP contribution in [-0.2, 0) is 10.1 Å². The van der Waals surface area contributed by atoms with Crippen molar-refractivity contribution in [2.75, 3.05) is 6.26 Å². The Balaban J connectivity index is 0.000000431. The Morgan fingerprint density at radius 3 is 2.42 bits per heavy atom. The van der Waals surface area contributed by atoms with Crippen LogP contribution in [0.25, 0.3) is 22.1 Å². The van der Waals surface area contributed by atoms with Crippen molar-refractivity contribution in [3.8, 4) is 11.1 Å². The Morgan fingerprint density at radius 2 is 1.77 bits per heavy atom. The van der Waals surface area contributed by atoms with Gasteiger partial charge in [0.1, 0.15) is 5.58 Å². The maximum atomic E-state index is 11.9. The van der Waals surface area contributed by atoms with Crippen LogP contribution in [0.2, 0.25) is 0 Å². The molecule has 1 amide bonds. The van der Waals surface area contributed by atoms with Crippen molar-refractivity contribution in [3.05, 3.63) is 60.4 Å². The molecule has 3 rings (SSSR count). The van der Waals surface area contributed by atoms with E-state index in [-0.39, 0.29) is 5.96 Å². The molecule has 1 heterocycles. The number of rotatable bonds is 2. The molecule has 0 fully saturated rings. The molecule has 2 aromatic carbocycles. The number of carbonyl (C=O) groups excluding carboxylic acids is 1. The molecule has 0 unspecified atom stereocenters. The number of nitrogens with two attached hydrogens (primary N) is 2. The molecule has 5 N–H and O–H groups in total. The van der Waals surface area contributed by atoms with Gasteiger partial charge in [0, 0.05) is 16.5 Å². The zero-order chi connectivity index (χ0) is 19.3. The quantitative estimate of drug-likeness (QED) is 0.352. The number of fused-ring (bicyclic) bond motifs is 1. The molecule has 26 heavy (non-hydrogen) atoms. The number of guanidine groups is 1. The first-order valence-corrected chi connectivity index (χ1v) is 9.13. The van der Waals surface area contributed by atoms with E-state index in [1.165, 1.54) is 0 Å². The van der Waals surface area contributed by atoms with Crippen LogP contribution in [0.4, 0.5) is 0 Å². The molecule has 8 nitrogen and oxygen atoms in total. The summed E-state index contributed by atoms with van der Waals surface area (Å²) in [5.41, 5.74) is 13.4. The number of carbonyl (C=O) groups is 1. The van der Waals surface area contributed by atoms with Gasteiger partial charge in [-0.3, -0.25) is 9.35 Å². The minimum atomic E-state index is -3.67. The van der Waals surface area contributed by atoms with Crippen LogP contribution in [0, 0.1) is 0 Å². The van der Waals surface area contributed by atoms with Gasteiger partial charge in [-0.2, -0.15) is 13.4 Å². The summed E-state index contributed by atoms with van der Waals surface area (Å²) in [6.45, 7) is 0. The van der Waals surface area contributed by atoms with Gasteiger partial charge in [-0.1, -0.05) is 30.3 Å². The largest absolute Gasteiger partial charge is 0.464 e. The second kappa shape index (κ2) is 7.81. The molecule has 0 spiro atoms. The molecule has 3 aromatic rings. The van der Waals surface area contributed by atoms with Crippen LogP contribution in [0.1, 0.15) is 10.4 Å². The zero-order valence-electron chi connectivity index (χ0n) is 13.8. The minimum absolute atomic E-state index is 0.251. The first kappa shape index (κ1) is 19.2. The van der Waals surface area contributed by atoms with Crippen molar-refractivity contribution in [3.63, 3.8) is 0 Å². The van der Waals surface area contributed by atoms with Crippen LogP contribution < -0.4 is 11.5 Å². The van der Waals surface area contributed by atoms with E-state index in [0.29, 0.717) is 11.8 Å². The van der Waals surface area contributed by atoms with Crippen LogP contribution in [0.5, 0.6) is 0 Å². The summed E-state index contributed by atoms with van der Waals surface area (Å²) in [6.07, 6.45) is 2.36. The molecule has 1 aromatic heterocycles. The highest BCUT2D eigenvalue weighted by molar-refractivity contribution is 7.85. The molecule has 0 aliphatic heterocycles. The van der Waals surface area contributed by atoms with Crippen LogP contribution in [-0.4, -0.2) is 31.1 Å². The maximum Gasteiger partial charge on any atom is 0.280 e. The Hall–Kier alpha value is -3.17. The summed E-state index contributed by atoms with van der Waals surface area (Å²) < 4.78 is 31.4. The van der Waals surface area contributed by atoms with E-state index in [2.05, 4.69) is 4.99 Å². The Labute approximate surface area is 149 Å². The summed E-state index contributed by atoms with van der Waals surface area (Å²) in [5.74, 6) is -0.720. The topological polar surface area (TPSA) is 149 Å². The lowest BCUT2D eigenvalue weighted by molar-refractivity contribution is 0.100. The summed E-state index contributed by atoms with van der Waals surface area (Å²) in [6, 6.07) is 14.8. The number of para-hydroxylation sites is 1. The highest BCUT2D eigenvalue weighted by Gasteiger charge is 2.10. The monoisotopic (exact) mass is 375 g/mol. The summed E-state index contributed by atoms with van der Waals surface area (Å²) in [4.78, 5) is 15.4. The second-order valence-electron chi connectivity index (χ2n) is 5.30. The van der Waals surface area contributed by atoms with Gasteiger partial charge in [-0.15, -0.1) is 0 Å². The van der Waals surface area contributed by atoms with Gasteiger partial charge in [0.2, 0.25) is 0 Å². The van der Waals surface area contributed by atoms with E-state index in [9.17, 15) is 13.2 Å². The lowest BCUT2D eigenvalue weighted by atomic mass is 10.0. The Bertz CT molecular complexity index is 1060. The van der Waals surface area contributed by atoms with Gasteiger partial charge in [0.05, 0.1) is 12.5 Å². The molecule has 0 aliphatic rings. The molecular formula is C17H17N3O5S. The number of furan rings is 1. The van der Waals surface area contributed by atoms with E-state index in [1.54, 1.807) is 24.5 Å². The smallest absolute Gasteiger partial charge is 0.280 e. The third kappa shape index (κ3) is 5.43. The Kier molecular flexibility index (Phi) is 5.75. The zero-order valence-corrected chi connectivity index (χ0v) is 14.6. The average molecular weight is 375 g/mol. The van der Waals surface area contributed by atoms with Crippen molar-refractivity contribution in [2.45, 2.75) is 0 Å². The van der Waals surface area contributed by atoms with Gasteiger partial charge in [-0.05, 0) is 23.8 Å². The van der Waals surface area contributed by atoms with E-state index in [4.69, 9.17) is 20.4 Å². The van der Waals surface area contributed by atoms with E-state index in [1.807, 2.05) is 30.3 Å². The highest BCUT2D eigenvalue weighted by atomic mass is 32.2. The molecule has 0 aliphatic carbocycles. The summed E-state index contributed by atoms with van der Waals surface area (Å²) >= 11 is 0. The van der Waals surface area contributed by atoms with E-state index in [0.717, 1.165) is 22.1 Å². The average Bonchev–Trinajstić information content (AvgIpc) is 3.01. The summed E-state index contributed by atoms with van der Waals surface area (Å²) in [7, 11) is -3.67. The first-order valence-electron chi connectivity index (χ1n) is 7.28. The third-order valence-electron chi connectivity index (χ3n) is 3.13. The van der Waals surface area contributed by atoms with Gasteiger partial charge in [-0.25, -0.2) is 0 Å². The Morgan fingerprint density at radius 1 is 1.12 bits per heavy atom. The van der Waals surface area contributed by atoms with Crippen molar-refractivity contribution < 1.29 is 22.2 Å². The predicted octanol–water partition coefficient (Wildman–Crippen LogP) is 2.02. The molecule has 0 bridgehead atoms. The fraction of sp³-hybridized carbons (Fsp3) is 0.0588. The normalized spacial score (nSPS) is 10.7. The molecular weight excluding hydrogens is 358 g/mol. The highest BCUT2D eigenvalue weighted by Crippen LogP contribution is 2.29.